The molecule has 3 nitrogen and oxygen atoms in total. The number of rotatable bonds is 5. The predicted molar refractivity (Wildman–Crippen MR) is 78.4 cm³/mol. The smallest absolute Gasteiger partial charge is 0.134 e. The van der Waals surface area contributed by atoms with E-state index in [0.29, 0.717) is 5.92 Å². The molecule has 0 aliphatic rings. The van der Waals surface area contributed by atoms with Crippen LogP contribution in [0.5, 0.6) is 0 Å². The van der Waals surface area contributed by atoms with Crippen molar-refractivity contribution in [3.63, 3.8) is 0 Å². The molecule has 0 fully saturated rings. The molecule has 3 rings (SSSR count). The third-order valence-electron chi connectivity index (χ3n) is 3.10. The summed E-state index contributed by atoms with van der Waals surface area (Å²) in [7, 11) is 0. The van der Waals surface area contributed by atoms with Gasteiger partial charge in [0.25, 0.3) is 0 Å². The van der Waals surface area contributed by atoms with Gasteiger partial charge in [0, 0.05) is 29.4 Å². The summed E-state index contributed by atoms with van der Waals surface area (Å²) in [5.41, 5.74) is 0.951. The van der Waals surface area contributed by atoms with E-state index < -0.39 is 0 Å². The number of nitrogens with one attached hydrogen (secondary N) is 1. The second-order valence-electron chi connectivity index (χ2n) is 4.65. The second-order valence-corrected chi connectivity index (χ2v) is 5.58. The monoisotopic (exact) mass is 272 g/mol. The summed E-state index contributed by atoms with van der Waals surface area (Å²) in [4.78, 5) is 4.33. The molecule has 0 saturated carbocycles. The molecule has 98 valence electrons. The fourth-order valence-electron chi connectivity index (χ4n) is 2.10. The Bertz CT molecular complexity index is 612. The molecule has 2 heterocycles. The van der Waals surface area contributed by atoms with Gasteiger partial charge in [0.1, 0.15) is 11.3 Å². The number of hydrogen-bond donors (Lipinski definition) is 1. The van der Waals surface area contributed by atoms with Crippen molar-refractivity contribution < 1.29 is 4.42 Å². The molecule has 0 aliphatic carbocycles. The van der Waals surface area contributed by atoms with E-state index in [4.69, 9.17) is 4.42 Å². The Balaban J connectivity index is 1.57. The van der Waals surface area contributed by atoms with Crippen LogP contribution in [0.2, 0.25) is 0 Å². The summed E-state index contributed by atoms with van der Waals surface area (Å²) < 4.78 is 5.77. The van der Waals surface area contributed by atoms with Crippen LogP contribution in [-0.4, -0.2) is 11.5 Å². The van der Waals surface area contributed by atoms with E-state index in [1.54, 1.807) is 11.3 Å². The lowest BCUT2D eigenvalue weighted by Crippen LogP contribution is -2.19. The molecule has 1 unspecified atom stereocenters. The van der Waals surface area contributed by atoms with Gasteiger partial charge in [0.15, 0.2) is 0 Å². The minimum absolute atomic E-state index is 0.435. The Morgan fingerprint density at radius 3 is 3.05 bits per heavy atom. The van der Waals surface area contributed by atoms with Gasteiger partial charge in [-0.3, -0.25) is 0 Å². The minimum atomic E-state index is 0.435. The Morgan fingerprint density at radius 1 is 1.37 bits per heavy atom. The largest absolute Gasteiger partial charge is 0.460 e. The molecule has 0 amide bonds. The number of thiazole rings is 1. The van der Waals surface area contributed by atoms with Crippen LogP contribution >= 0.6 is 11.3 Å². The number of nitrogens with zero attached hydrogens (tertiary/aromatic N) is 1. The third-order valence-corrected chi connectivity index (χ3v) is 4.11. The molecular formula is C15H16N2OS. The quantitative estimate of drug-likeness (QED) is 0.768. The van der Waals surface area contributed by atoms with E-state index >= 15 is 0 Å². The van der Waals surface area contributed by atoms with Gasteiger partial charge in [0.05, 0.1) is 11.6 Å². The molecule has 1 atom stereocenters. The molecule has 3 aromatic rings. The lowest BCUT2D eigenvalue weighted by molar-refractivity contribution is 0.503. The van der Waals surface area contributed by atoms with Crippen LogP contribution < -0.4 is 5.32 Å². The lowest BCUT2D eigenvalue weighted by atomic mass is 10.2. The van der Waals surface area contributed by atoms with Crippen molar-refractivity contribution in [3.05, 3.63) is 52.7 Å². The maximum Gasteiger partial charge on any atom is 0.134 e. The van der Waals surface area contributed by atoms with Crippen molar-refractivity contribution in [2.24, 2.45) is 0 Å². The normalized spacial score (nSPS) is 12.9. The SMILES string of the molecule is CC(CNCc1cc2ccccc2o1)c1nccs1. The summed E-state index contributed by atoms with van der Waals surface area (Å²) in [6.45, 7) is 3.85. The maximum atomic E-state index is 5.77. The van der Waals surface area contributed by atoms with Crippen molar-refractivity contribution >= 4 is 22.3 Å². The topological polar surface area (TPSA) is 38.1 Å². The average Bonchev–Trinajstić information content (AvgIpc) is 3.07. The van der Waals surface area contributed by atoms with Gasteiger partial charge < -0.3 is 9.73 Å². The molecule has 0 radical (unpaired) electrons. The highest BCUT2D eigenvalue weighted by atomic mass is 32.1. The van der Waals surface area contributed by atoms with Gasteiger partial charge in [-0.1, -0.05) is 25.1 Å². The van der Waals surface area contributed by atoms with Gasteiger partial charge in [-0.15, -0.1) is 11.3 Å². The molecule has 1 N–H and O–H groups in total. The highest BCUT2D eigenvalue weighted by Gasteiger charge is 2.08. The van der Waals surface area contributed by atoms with E-state index in [-0.39, 0.29) is 0 Å². The van der Waals surface area contributed by atoms with Gasteiger partial charge in [-0.2, -0.15) is 0 Å². The van der Waals surface area contributed by atoms with Crippen LogP contribution in [0.4, 0.5) is 0 Å². The maximum absolute atomic E-state index is 5.77. The summed E-state index contributed by atoms with van der Waals surface area (Å²) in [5, 5.41) is 7.78. The Morgan fingerprint density at radius 2 is 2.26 bits per heavy atom. The van der Waals surface area contributed by atoms with E-state index in [9.17, 15) is 0 Å². The van der Waals surface area contributed by atoms with Crippen molar-refractivity contribution in [3.8, 4) is 0 Å². The van der Waals surface area contributed by atoms with Crippen LogP contribution in [0.25, 0.3) is 11.0 Å². The Labute approximate surface area is 116 Å². The Kier molecular flexibility index (Phi) is 3.62. The summed E-state index contributed by atoms with van der Waals surface area (Å²) in [6.07, 6.45) is 1.86. The molecule has 4 heteroatoms. The first-order valence-electron chi connectivity index (χ1n) is 6.40. The molecule has 0 spiro atoms. The van der Waals surface area contributed by atoms with Gasteiger partial charge in [0.2, 0.25) is 0 Å². The van der Waals surface area contributed by atoms with Crippen molar-refractivity contribution in [2.75, 3.05) is 6.54 Å². The average molecular weight is 272 g/mol. The van der Waals surface area contributed by atoms with Gasteiger partial charge in [-0.05, 0) is 12.1 Å². The Hall–Kier alpha value is -1.65. The predicted octanol–water partition coefficient (Wildman–Crippen LogP) is 3.78. The van der Waals surface area contributed by atoms with Gasteiger partial charge in [-0.25, -0.2) is 4.98 Å². The number of furan rings is 1. The number of hydrogen-bond acceptors (Lipinski definition) is 4. The summed E-state index contributed by atoms with van der Waals surface area (Å²) >= 11 is 1.71. The fourth-order valence-corrected chi connectivity index (χ4v) is 2.80. The third kappa shape index (κ3) is 2.85. The van der Waals surface area contributed by atoms with Crippen molar-refractivity contribution in [1.29, 1.82) is 0 Å². The van der Waals surface area contributed by atoms with E-state index in [2.05, 4.69) is 29.4 Å². The standard InChI is InChI=1S/C15H16N2OS/c1-11(15-17-6-7-19-15)9-16-10-13-8-12-4-2-3-5-14(12)18-13/h2-8,11,16H,9-10H2,1H3. The first-order chi connectivity index (χ1) is 9.33. The van der Waals surface area contributed by atoms with Crippen LogP contribution in [-0.2, 0) is 6.54 Å². The van der Waals surface area contributed by atoms with Gasteiger partial charge >= 0.3 is 0 Å². The van der Waals surface area contributed by atoms with E-state index in [1.165, 1.54) is 5.01 Å². The van der Waals surface area contributed by atoms with E-state index in [0.717, 1.165) is 29.8 Å². The van der Waals surface area contributed by atoms with Crippen LogP contribution in [0.3, 0.4) is 0 Å². The molecule has 0 aliphatic heterocycles. The molecule has 1 aromatic carbocycles. The molecule has 19 heavy (non-hydrogen) atoms. The van der Waals surface area contributed by atoms with Crippen LogP contribution in [0.15, 0.2) is 46.3 Å². The summed E-state index contributed by atoms with van der Waals surface area (Å²) in [5.74, 6) is 1.41. The fraction of sp³-hybridized carbons (Fsp3) is 0.267. The molecule has 0 bridgehead atoms. The van der Waals surface area contributed by atoms with Crippen LogP contribution in [0, 0.1) is 0 Å². The van der Waals surface area contributed by atoms with Crippen molar-refractivity contribution in [1.82, 2.24) is 10.3 Å². The zero-order valence-corrected chi connectivity index (χ0v) is 11.6. The number of para-hydroxylation sites is 1. The van der Waals surface area contributed by atoms with Crippen LogP contribution in [0.1, 0.15) is 23.6 Å². The van der Waals surface area contributed by atoms with Crippen molar-refractivity contribution in [2.45, 2.75) is 19.4 Å². The molecule has 2 aromatic heterocycles. The second kappa shape index (κ2) is 5.55. The lowest BCUT2D eigenvalue weighted by Gasteiger charge is -2.08. The first-order valence-corrected chi connectivity index (χ1v) is 7.28. The highest BCUT2D eigenvalue weighted by molar-refractivity contribution is 7.09. The highest BCUT2D eigenvalue weighted by Crippen LogP contribution is 2.19. The van der Waals surface area contributed by atoms with E-state index in [1.807, 2.05) is 29.8 Å². The molecule has 0 saturated heterocycles. The number of benzene rings is 1. The zero-order valence-electron chi connectivity index (χ0n) is 10.8. The summed E-state index contributed by atoms with van der Waals surface area (Å²) in [6, 6.07) is 10.2. The number of fused-ring (bicyclic) bond motifs is 1. The zero-order chi connectivity index (χ0) is 13.1. The first kappa shape index (κ1) is 12.4. The minimum Gasteiger partial charge on any atom is -0.460 e. The molecular weight excluding hydrogens is 256 g/mol. The number of aromatic nitrogens is 1.